The van der Waals surface area contributed by atoms with Gasteiger partial charge in [0, 0.05) is 13.2 Å². The molecule has 6 heteroatoms. The van der Waals surface area contributed by atoms with E-state index in [9.17, 15) is 9.59 Å². The van der Waals surface area contributed by atoms with Gasteiger partial charge in [0.25, 0.3) is 5.91 Å². The first kappa shape index (κ1) is 18.2. The predicted octanol–water partition coefficient (Wildman–Crippen LogP) is 2.86. The number of likely N-dealkylation sites (tertiary alicyclic amines) is 1. The summed E-state index contributed by atoms with van der Waals surface area (Å²) in [6, 6.07) is 15.6. The van der Waals surface area contributed by atoms with Gasteiger partial charge in [-0.25, -0.2) is 0 Å². The Balaban J connectivity index is 1.44. The van der Waals surface area contributed by atoms with Crippen LogP contribution in [0.5, 0.6) is 5.75 Å². The van der Waals surface area contributed by atoms with E-state index in [1.54, 1.807) is 12.0 Å². The van der Waals surface area contributed by atoms with Gasteiger partial charge in [-0.1, -0.05) is 36.4 Å². The van der Waals surface area contributed by atoms with E-state index < -0.39 is 6.04 Å². The van der Waals surface area contributed by atoms with Gasteiger partial charge in [0.15, 0.2) is 0 Å². The first-order valence-corrected chi connectivity index (χ1v) is 10.2. The number of benzene rings is 2. The zero-order valence-electron chi connectivity index (χ0n) is 16.4. The van der Waals surface area contributed by atoms with Crippen LogP contribution in [0.3, 0.4) is 0 Å². The molecule has 3 aliphatic rings. The second-order valence-electron chi connectivity index (χ2n) is 7.86. The van der Waals surface area contributed by atoms with Crippen molar-refractivity contribution in [2.45, 2.75) is 37.5 Å². The molecule has 0 unspecified atom stereocenters. The smallest absolute Gasteiger partial charge is 0.252 e. The van der Waals surface area contributed by atoms with E-state index in [2.05, 4.69) is 0 Å². The lowest BCUT2D eigenvalue weighted by Crippen LogP contribution is -2.54. The van der Waals surface area contributed by atoms with Gasteiger partial charge in [-0.3, -0.25) is 9.59 Å². The molecule has 5 rings (SSSR count). The van der Waals surface area contributed by atoms with Crippen LogP contribution in [-0.4, -0.2) is 55.2 Å². The number of piperazine rings is 1. The summed E-state index contributed by atoms with van der Waals surface area (Å²) in [5, 5.41) is 0. The van der Waals surface area contributed by atoms with Crippen LogP contribution < -0.4 is 9.64 Å². The zero-order chi connectivity index (χ0) is 20.0. The Labute approximate surface area is 170 Å². The number of hydrogen-bond donors (Lipinski definition) is 0. The summed E-state index contributed by atoms with van der Waals surface area (Å²) in [6.45, 7) is 1.18. The number of ether oxygens (including phenoxy) is 2. The average Bonchev–Trinajstić information content (AvgIpc) is 3.50. The van der Waals surface area contributed by atoms with Crippen LogP contribution in [0.25, 0.3) is 11.1 Å². The lowest BCUT2D eigenvalue weighted by Gasteiger charge is -2.35. The van der Waals surface area contributed by atoms with E-state index in [0.29, 0.717) is 25.3 Å². The minimum absolute atomic E-state index is 0.0298. The first-order valence-electron chi connectivity index (χ1n) is 10.2. The predicted molar refractivity (Wildman–Crippen MR) is 109 cm³/mol. The molecule has 2 aromatic carbocycles. The van der Waals surface area contributed by atoms with Gasteiger partial charge in [0.2, 0.25) is 5.91 Å². The molecule has 2 bridgehead atoms. The second kappa shape index (κ2) is 7.19. The van der Waals surface area contributed by atoms with Crippen LogP contribution in [0.4, 0.5) is 5.69 Å². The molecule has 2 amide bonds. The first-order chi connectivity index (χ1) is 14.2. The maximum atomic E-state index is 13.2. The molecule has 0 radical (unpaired) electrons. The van der Waals surface area contributed by atoms with Crippen LogP contribution in [0.2, 0.25) is 0 Å². The highest BCUT2D eigenvalue weighted by Crippen LogP contribution is 2.42. The highest BCUT2D eigenvalue weighted by Gasteiger charge is 2.53. The zero-order valence-corrected chi connectivity index (χ0v) is 16.4. The van der Waals surface area contributed by atoms with Crippen molar-refractivity contribution >= 4 is 17.5 Å². The average molecular weight is 392 g/mol. The number of rotatable bonds is 4. The van der Waals surface area contributed by atoms with Crippen LogP contribution in [-0.2, 0) is 14.3 Å². The van der Waals surface area contributed by atoms with Gasteiger partial charge in [0.1, 0.15) is 17.9 Å². The number of carbonyl (C=O) groups excluding carboxylic acids is 2. The molecule has 0 N–H and O–H groups in total. The summed E-state index contributed by atoms with van der Waals surface area (Å²) in [4.78, 5) is 29.6. The number of methoxy groups -OCH3 is 1. The normalized spacial score (nSPS) is 25.7. The van der Waals surface area contributed by atoms with Crippen molar-refractivity contribution in [3.8, 4) is 16.9 Å². The van der Waals surface area contributed by atoms with Gasteiger partial charge in [-0.2, -0.15) is 0 Å². The molecule has 3 atom stereocenters. The number of carbonyl (C=O) groups is 2. The molecular formula is C23H24N2O4. The van der Waals surface area contributed by atoms with E-state index in [1.807, 2.05) is 53.4 Å². The maximum Gasteiger partial charge on any atom is 0.252 e. The summed E-state index contributed by atoms with van der Waals surface area (Å²) in [5.41, 5.74) is 2.89. The minimum atomic E-state index is -0.401. The van der Waals surface area contributed by atoms with Crippen LogP contribution in [0, 0.1) is 0 Å². The molecule has 0 saturated carbocycles. The molecule has 3 saturated heterocycles. The van der Waals surface area contributed by atoms with Crippen molar-refractivity contribution in [2.24, 2.45) is 0 Å². The molecule has 3 heterocycles. The van der Waals surface area contributed by atoms with E-state index in [1.165, 1.54) is 0 Å². The quantitative estimate of drug-likeness (QED) is 0.803. The summed E-state index contributed by atoms with van der Waals surface area (Å²) in [6.07, 6.45) is 1.93. The van der Waals surface area contributed by atoms with Crippen molar-refractivity contribution in [2.75, 3.05) is 25.2 Å². The Morgan fingerprint density at radius 1 is 1.14 bits per heavy atom. The van der Waals surface area contributed by atoms with E-state index in [0.717, 1.165) is 29.7 Å². The van der Waals surface area contributed by atoms with Crippen LogP contribution in [0.15, 0.2) is 48.5 Å². The number of anilines is 1. The Kier molecular flexibility index (Phi) is 4.51. The van der Waals surface area contributed by atoms with Crippen molar-refractivity contribution in [1.29, 1.82) is 0 Å². The number of amides is 2. The van der Waals surface area contributed by atoms with Crippen molar-refractivity contribution in [3.63, 3.8) is 0 Å². The molecular weight excluding hydrogens is 368 g/mol. The summed E-state index contributed by atoms with van der Waals surface area (Å²) in [5.74, 6) is 0.603. The second-order valence-corrected chi connectivity index (χ2v) is 7.86. The fourth-order valence-corrected chi connectivity index (χ4v) is 4.78. The number of hydrogen-bond acceptors (Lipinski definition) is 4. The Hall–Kier alpha value is -2.86. The molecule has 29 heavy (non-hydrogen) atoms. The Morgan fingerprint density at radius 3 is 2.66 bits per heavy atom. The van der Waals surface area contributed by atoms with Crippen LogP contribution in [0.1, 0.15) is 19.3 Å². The third-order valence-corrected chi connectivity index (χ3v) is 6.20. The van der Waals surface area contributed by atoms with Gasteiger partial charge in [-0.15, -0.1) is 0 Å². The standard InChI is InChI=1S/C23H24N2O4/c1-28-20-10-9-16(15-6-3-2-4-7-15)12-18(20)25-17-13-19(22(25)26)24(14-17)23(27)21-8-5-11-29-21/h2-4,6-7,9-10,12,17,19,21H,5,8,11,13-14H2,1H3/t17-,19-,21+/m0/s1. The summed E-state index contributed by atoms with van der Waals surface area (Å²) >= 11 is 0. The molecule has 0 aromatic heterocycles. The SMILES string of the molecule is COc1ccc(-c2ccccc2)cc1N1C(=O)[C@@H]2C[C@H]1CN2C(=O)[C@H]1CCCO1. The number of fused-ring (bicyclic) bond motifs is 2. The van der Waals surface area contributed by atoms with Gasteiger partial charge >= 0.3 is 0 Å². The Bertz CT molecular complexity index is 939. The third-order valence-electron chi connectivity index (χ3n) is 6.20. The molecule has 6 nitrogen and oxygen atoms in total. The monoisotopic (exact) mass is 392 g/mol. The van der Waals surface area contributed by atoms with E-state index in [-0.39, 0.29) is 24.0 Å². The fraction of sp³-hybridized carbons (Fsp3) is 0.391. The maximum absolute atomic E-state index is 13.2. The number of nitrogens with zero attached hydrogens (tertiary/aromatic N) is 2. The topological polar surface area (TPSA) is 59.1 Å². The van der Waals surface area contributed by atoms with E-state index >= 15 is 0 Å². The lowest BCUT2D eigenvalue weighted by atomic mass is 10.0. The van der Waals surface area contributed by atoms with Gasteiger partial charge < -0.3 is 19.3 Å². The van der Waals surface area contributed by atoms with Gasteiger partial charge in [-0.05, 0) is 42.5 Å². The molecule has 3 fully saturated rings. The molecule has 0 spiro atoms. The largest absolute Gasteiger partial charge is 0.495 e. The highest BCUT2D eigenvalue weighted by molar-refractivity contribution is 6.05. The van der Waals surface area contributed by atoms with Crippen molar-refractivity contribution < 1.29 is 19.1 Å². The molecule has 2 aromatic rings. The fourth-order valence-electron chi connectivity index (χ4n) is 4.78. The van der Waals surface area contributed by atoms with Crippen molar-refractivity contribution in [1.82, 2.24) is 4.90 Å². The van der Waals surface area contributed by atoms with E-state index in [4.69, 9.17) is 9.47 Å². The molecule has 0 aliphatic carbocycles. The third kappa shape index (κ3) is 2.99. The Morgan fingerprint density at radius 2 is 1.97 bits per heavy atom. The van der Waals surface area contributed by atoms with Crippen molar-refractivity contribution in [3.05, 3.63) is 48.5 Å². The minimum Gasteiger partial charge on any atom is -0.495 e. The molecule has 150 valence electrons. The van der Waals surface area contributed by atoms with Gasteiger partial charge in [0.05, 0.1) is 18.8 Å². The lowest BCUT2D eigenvalue weighted by molar-refractivity contribution is -0.146. The highest BCUT2D eigenvalue weighted by atomic mass is 16.5. The van der Waals surface area contributed by atoms with Crippen LogP contribution >= 0.6 is 0 Å². The molecule has 3 aliphatic heterocycles. The summed E-state index contributed by atoms with van der Waals surface area (Å²) < 4.78 is 11.1. The summed E-state index contributed by atoms with van der Waals surface area (Å²) in [7, 11) is 1.62.